The Morgan fingerprint density at radius 1 is 0.722 bits per heavy atom. The number of carboxylic acid groups (broad SMARTS) is 2. The van der Waals surface area contributed by atoms with Gasteiger partial charge in [0.25, 0.3) is 0 Å². The Labute approximate surface area is 106 Å². The molecule has 4 N–H and O–H groups in total. The highest BCUT2D eigenvalue weighted by atomic mass is 16.4. The van der Waals surface area contributed by atoms with Crippen LogP contribution in [-0.2, 0) is 0 Å². The van der Waals surface area contributed by atoms with Gasteiger partial charge in [-0.2, -0.15) is 0 Å². The average molecular weight is 260 g/mol. The fourth-order valence-electron chi connectivity index (χ4n) is 1.71. The minimum absolute atomic E-state index is 0.620. The lowest BCUT2D eigenvalue weighted by Gasteiger charge is -2.23. The molecule has 8 nitrogen and oxygen atoms in total. The molecule has 2 aliphatic heterocycles. The maximum Gasteiger partial charge on any atom is 0.407 e. The van der Waals surface area contributed by atoms with E-state index in [9.17, 15) is 9.59 Å². The van der Waals surface area contributed by atoms with Crippen LogP contribution < -0.4 is 10.6 Å². The lowest BCUT2D eigenvalue weighted by Crippen LogP contribution is -2.45. The first-order valence-corrected chi connectivity index (χ1v) is 5.98. The quantitative estimate of drug-likeness (QED) is 0.452. The van der Waals surface area contributed by atoms with E-state index in [-0.39, 0.29) is 0 Å². The summed E-state index contributed by atoms with van der Waals surface area (Å²) in [6.07, 6.45) is -1.62. The molecule has 18 heavy (non-hydrogen) atoms. The van der Waals surface area contributed by atoms with Crippen molar-refractivity contribution in [3.63, 3.8) is 0 Å². The van der Waals surface area contributed by atoms with E-state index in [1.54, 1.807) is 0 Å². The van der Waals surface area contributed by atoms with Crippen LogP contribution >= 0.6 is 0 Å². The molecule has 0 spiro atoms. The smallest absolute Gasteiger partial charge is 0.407 e. The van der Waals surface area contributed by atoms with Gasteiger partial charge >= 0.3 is 12.2 Å². The van der Waals surface area contributed by atoms with Crippen molar-refractivity contribution in [2.45, 2.75) is 0 Å². The molecule has 8 heteroatoms. The Hall–Kier alpha value is -1.54. The lowest BCUT2D eigenvalue weighted by atomic mass is 10.4. The summed E-state index contributed by atoms with van der Waals surface area (Å²) in [4.78, 5) is 23.3. The van der Waals surface area contributed by atoms with Gasteiger partial charge in [0.15, 0.2) is 0 Å². The Balaban J connectivity index is 0.000000180. The van der Waals surface area contributed by atoms with Crippen molar-refractivity contribution in [3.8, 4) is 0 Å². The fourth-order valence-corrected chi connectivity index (χ4v) is 1.71. The van der Waals surface area contributed by atoms with E-state index in [0.29, 0.717) is 26.2 Å². The molecule has 0 radical (unpaired) electrons. The van der Waals surface area contributed by atoms with Crippen molar-refractivity contribution < 1.29 is 19.8 Å². The highest BCUT2D eigenvalue weighted by Crippen LogP contribution is 1.91. The van der Waals surface area contributed by atoms with Gasteiger partial charge in [-0.15, -0.1) is 0 Å². The second kappa shape index (κ2) is 7.72. The van der Waals surface area contributed by atoms with Crippen LogP contribution in [0, 0.1) is 0 Å². The molecule has 0 bridgehead atoms. The number of rotatable bonds is 0. The van der Waals surface area contributed by atoms with E-state index in [2.05, 4.69) is 10.6 Å². The molecule has 2 heterocycles. The molecule has 0 saturated carbocycles. The molecule has 2 saturated heterocycles. The summed E-state index contributed by atoms with van der Waals surface area (Å²) in [5.74, 6) is 0. The first-order valence-electron chi connectivity index (χ1n) is 5.98. The summed E-state index contributed by atoms with van der Waals surface area (Å²) in [5, 5.41) is 23.0. The van der Waals surface area contributed by atoms with Gasteiger partial charge in [-0.25, -0.2) is 9.59 Å². The minimum atomic E-state index is -0.809. The molecule has 2 amide bonds. The third kappa shape index (κ3) is 5.19. The van der Waals surface area contributed by atoms with E-state index < -0.39 is 12.2 Å². The van der Waals surface area contributed by atoms with Crippen LogP contribution in [0.5, 0.6) is 0 Å². The molecule has 2 fully saturated rings. The predicted molar refractivity (Wildman–Crippen MR) is 64.9 cm³/mol. The maximum absolute atomic E-state index is 10.3. The molecular weight excluding hydrogens is 240 g/mol. The molecule has 0 atom stereocenters. The molecule has 0 aromatic rings. The normalized spacial score (nSPS) is 19.8. The van der Waals surface area contributed by atoms with Gasteiger partial charge in [0.2, 0.25) is 0 Å². The Kier molecular flexibility index (Phi) is 6.23. The molecule has 104 valence electrons. The summed E-state index contributed by atoms with van der Waals surface area (Å²) < 4.78 is 0. The molecule has 0 aromatic heterocycles. The molecule has 2 aliphatic rings. The van der Waals surface area contributed by atoms with Gasteiger partial charge in [-0.1, -0.05) is 0 Å². The fraction of sp³-hybridized carbons (Fsp3) is 0.800. The van der Waals surface area contributed by atoms with Crippen LogP contribution in [0.1, 0.15) is 0 Å². The summed E-state index contributed by atoms with van der Waals surface area (Å²) in [5.41, 5.74) is 0. The summed E-state index contributed by atoms with van der Waals surface area (Å²) in [6.45, 7) is 5.62. The Bertz CT molecular complexity index is 247. The standard InChI is InChI=1S/2C5H10N2O2/c2*8-5(9)7-3-1-6-2-4-7/h2*6H,1-4H2,(H,8,9). The zero-order chi connectivity index (χ0) is 13.4. The van der Waals surface area contributed by atoms with Gasteiger partial charge < -0.3 is 30.6 Å². The number of carbonyl (C=O) groups is 2. The average Bonchev–Trinajstić information content (AvgIpc) is 2.41. The molecule has 2 rings (SSSR count). The van der Waals surface area contributed by atoms with Gasteiger partial charge in [-0.05, 0) is 0 Å². The van der Waals surface area contributed by atoms with Gasteiger partial charge in [0.1, 0.15) is 0 Å². The van der Waals surface area contributed by atoms with Crippen molar-refractivity contribution in [3.05, 3.63) is 0 Å². The van der Waals surface area contributed by atoms with Crippen LogP contribution in [0.2, 0.25) is 0 Å². The van der Waals surface area contributed by atoms with Crippen molar-refractivity contribution in [2.75, 3.05) is 52.4 Å². The van der Waals surface area contributed by atoms with E-state index in [4.69, 9.17) is 10.2 Å². The predicted octanol–water partition coefficient (Wildman–Crippen LogP) is -0.861. The minimum Gasteiger partial charge on any atom is -0.465 e. The zero-order valence-corrected chi connectivity index (χ0v) is 10.3. The number of piperazine rings is 2. The molecule has 0 aromatic carbocycles. The van der Waals surface area contributed by atoms with E-state index in [0.717, 1.165) is 26.2 Å². The SMILES string of the molecule is O=C(O)N1CCNCC1.O=C(O)N1CCNCC1. The lowest BCUT2D eigenvalue weighted by molar-refractivity contribution is 0.138. The Morgan fingerprint density at radius 2 is 1.00 bits per heavy atom. The monoisotopic (exact) mass is 260 g/mol. The number of hydrogen-bond acceptors (Lipinski definition) is 4. The number of amides is 2. The summed E-state index contributed by atoms with van der Waals surface area (Å²) in [7, 11) is 0. The molecule has 0 aliphatic carbocycles. The van der Waals surface area contributed by atoms with Crippen molar-refractivity contribution in [1.29, 1.82) is 0 Å². The molecular formula is C10H20N4O4. The maximum atomic E-state index is 10.3. The highest BCUT2D eigenvalue weighted by Gasteiger charge is 2.13. The summed E-state index contributed by atoms with van der Waals surface area (Å²) in [6, 6.07) is 0. The number of nitrogens with zero attached hydrogens (tertiary/aromatic N) is 2. The third-order valence-electron chi connectivity index (χ3n) is 2.78. The Morgan fingerprint density at radius 3 is 1.17 bits per heavy atom. The third-order valence-corrected chi connectivity index (χ3v) is 2.78. The molecule has 0 unspecified atom stereocenters. The topological polar surface area (TPSA) is 105 Å². The van der Waals surface area contributed by atoms with Crippen molar-refractivity contribution in [2.24, 2.45) is 0 Å². The highest BCUT2D eigenvalue weighted by molar-refractivity contribution is 5.65. The first kappa shape index (κ1) is 14.5. The van der Waals surface area contributed by atoms with Crippen molar-refractivity contribution >= 4 is 12.2 Å². The van der Waals surface area contributed by atoms with Crippen LogP contribution in [0.4, 0.5) is 9.59 Å². The van der Waals surface area contributed by atoms with Crippen LogP contribution in [-0.4, -0.2) is 84.6 Å². The van der Waals surface area contributed by atoms with Gasteiger partial charge in [0.05, 0.1) is 0 Å². The zero-order valence-electron chi connectivity index (χ0n) is 10.3. The largest absolute Gasteiger partial charge is 0.465 e. The first-order chi connectivity index (χ1) is 8.61. The summed E-state index contributed by atoms with van der Waals surface area (Å²) >= 11 is 0. The van der Waals surface area contributed by atoms with E-state index in [1.807, 2.05) is 0 Å². The van der Waals surface area contributed by atoms with Gasteiger partial charge in [-0.3, -0.25) is 0 Å². The number of nitrogens with one attached hydrogen (secondary N) is 2. The van der Waals surface area contributed by atoms with E-state index >= 15 is 0 Å². The second-order valence-electron chi connectivity index (χ2n) is 4.04. The second-order valence-corrected chi connectivity index (χ2v) is 4.04. The van der Waals surface area contributed by atoms with Crippen molar-refractivity contribution in [1.82, 2.24) is 20.4 Å². The van der Waals surface area contributed by atoms with Gasteiger partial charge in [0, 0.05) is 52.4 Å². The van der Waals surface area contributed by atoms with Crippen LogP contribution in [0.25, 0.3) is 0 Å². The van der Waals surface area contributed by atoms with Crippen LogP contribution in [0.15, 0.2) is 0 Å². The van der Waals surface area contributed by atoms with E-state index in [1.165, 1.54) is 9.80 Å². The number of hydrogen-bond donors (Lipinski definition) is 4. The van der Waals surface area contributed by atoms with Crippen LogP contribution in [0.3, 0.4) is 0 Å².